The molecule has 0 aliphatic heterocycles. The van der Waals surface area contributed by atoms with E-state index < -0.39 is 6.04 Å². The number of hydrogen-bond donors (Lipinski definition) is 1. The fourth-order valence-electron chi connectivity index (χ4n) is 3.71. The number of hydrogen-bond acceptors (Lipinski definition) is 3. The Labute approximate surface area is 218 Å². The molecule has 0 aliphatic rings. The molecule has 1 N–H and O–H groups in total. The van der Waals surface area contributed by atoms with Gasteiger partial charge in [-0.25, -0.2) is 0 Å². The SMILES string of the molecule is CC[C@H](C)NC(=O)[C@@H](Cc1ccccc1)N(Cc1ccccc1)C(=O)CCSc1ccc(Cl)cc1. The fourth-order valence-corrected chi connectivity index (χ4v) is 4.67. The van der Waals surface area contributed by atoms with Gasteiger partial charge in [0.05, 0.1) is 0 Å². The minimum atomic E-state index is -0.598. The van der Waals surface area contributed by atoms with E-state index in [1.807, 2.05) is 98.8 Å². The molecule has 4 nitrogen and oxygen atoms in total. The first kappa shape index (κ1) is 26.8. The Kier molecular flexibility index (Phi) is 10.7. The van der Waals surface area contributed by atoms with Gasteiger partial charge in [-0.1, -0.05) is 79.2 Å². The van der Waals surface area contributed by atoms with E-state index in [-0.39, 0.29) is 17.9 Å². The highest BCUT2D eigenvalue weighted by Gasteiger charge is 2.30. The predicted octanol–water partition coefficient (Wildman–Crippen LogP) is 6.38. The zero-order chi connectivity index (χ0) is 25.0. The van der Waals surface area contributed by atoms with E-state index in [4.69, 9.17) is 11.6 Å². The van der Waals surface area contributed by atoms with Gasteiger partial charge in [-0.3, -0.25) is 9.59 Å². The smallest absolute Gasteiger partial charge is 0.243 e. The van der Waals surface area contributed by atoms with E-state index in [0.717, 1.165) is 22.4 Å². The summed E-state index contributed by atoms with van der Waals surface area (Å²) in [5.74, 6) is 0.477. The summed E-state index contributed by atoms with van der Waals surface area (Å²) in [7, 11) is 0. The van der Waals surface area contributed by atoms with Crippen molar-refractivity contribution in [2.75, 3.05) is 5.75 Å². The van der Waals surface area contributed by atoms with Crippen LogP contribution in [0.25, 0.3) is 0 Å². The summed E-state index contributed by atoms with van der Waals surface area (Å²) in [6.07, 6.45) is 1.63. The Bertz CT molecular complexity index is 1060. The molecule has 0 heterocycles. The first-order valence-electron chi connectivity index (χ1n) is 12.0. The Hall–Kier alpha value is -2.76. The minimum Gasteiger partial charge on any atom is -0.352 e. The summed E-state index contributed by atoms with van der Waals surface area (Å²) in [6.45, 7) is 4.42. The number of rotatable bonds is 12. The molecule has 0 saturated carbocycles. The highest BCUT2D eigenvalue weighted by molar-refractivity contribution is 7.99. The van der Waals surface area contributed by atoms with Crippen LogP contribution in [0.3, 0.4) is 0 Å². The van der Waals surface area contributed by atoms with Gasteiger partial charge in [-0.15, -0.1) is 11.8 Å². The number of carbonyl (C=O) groups excluding carboxylic acids is 2. The number of nitrogens with one attached hydrogen (secondary N) is 1. The lowest BCUT2D eigenvalue weighted by Crippen LogP contribution is -2.52. The van der Waals surface area contributed by atoms with Crippen LogP contribution in [-0.4, -0.2) is 34.6 Å². The number of halogens is 1. The molecule has 0 unspecified atom stereocenters. The maximum Gasteiger partial charge on any atom is 0.243 e. The van der Waals surface area contributed by atoms with E-state index in [2.05, 4.69) is 5.32 Å². The monoisotopic (exact) mass is 508 g/mol. The van der Waals surface area contributed by atoms with Crippen LogP contribution in [0.4, 0.5) is 0 Å². The Morgan fingerprint density at radius 3 is 2.11 bits per heavy atom. The molecule has 0 radical (unpaired) electrons. The van der Waals surface area contributed by atoms with Crippen LogP contribution in [0.1, 0.15) is 37.8 Å². The van der Waals surface area contributed by atoms with Gasteiger partial charge in [0.15, 0.2) is 0 Å². The second kappa shape index (κ2) is 14.0. The number of nitrogens with zero attached hydrogens (tertiary/aromatic N) is 1. The van der Waals surface area contributed by atoms with Gasteiger partial charge in [-0.05, 0) is 48.7 Å². The molecule has 0 aromatic heterocycles. The zero-order valence-electron chi connectivity index (χ0n) is 20.3. The fraction of sp³-hybridized carbons (Fsp3) is 0.310. The molecule has 0 bridgehead atoms. The Balaban J connectivity index is 1.82. The first-order chi connectivity index (χ1) is 17.0. The van der Waals surface area contributed by atoms with Gasteiger partial charge in [-0.2, -0.15) is 0 Å². The second-order valence-corrected chi connectivity index (χ2v) is 10.2. The van der Waals surface area contributed by atoms with Crippen LogP contribution in [0.5, 0.6) is 0 Å². The average molecular weight is 509 g/mol. The van der Waals surface area contributed by atoms with Gasteiger partial charge in [0.25, 0.3) is 0 Å². The lowest BCUT2D eigenvalue weighted by molar-refractivity contribution is -0.141. The van der Waals surface area contributed by atoms with Crippen molar-refractivity contribution in [1.29, 1.82) is 0 Å². The third-order valence-electron chi connectivity index (χ3n) is 5.87. The zero-order valence-corrected chi connectivity index (χ0v) is 21.9. The maximum atomic E-state index is 13.6. The highest BCUT2D eigenvalue weighted by atomic mass is 35.5. The molecule has 0 spiro atoms. The van der Waals surface area contributed by atoms with Crippen LogP contribution < -0.4 is 5.32 Å². The number of carbonyl (C=O) groups is 2. The van der Waals surface area contributed by atoms with Crippen molar-refractivity contribution in [3.05, 3.63) is 101 Å². The van der Waals surface area contributed by atoms with Crippen LogP contribution in [0.15, 0.2) is 89.8 Å². The van der Waals surface area contributed by atoms with Gasteiger partial charge < -0.3 is 10.2 Å². The standard InChI is InChI=1S/C29H33ClN2O2S/c1-3-22(2)31-29(34)27(20-23-10-6-4-7-11-23)32(21-24-12-8-5-9-13-24)28(33)18-19-35-26-16-14-25(30)15-17-26/h4-17,22,27H,3,18-21H2,1-2H3,(H,31,34)/t22-,27+/m0/s1. The summed E-state index contributed by atoms with van der Waals surface area (Å²) < 4.78 is 0. The molecule has 6 heteroatoms. The molecule has 0 fully saturated rings. The van der Waals surface area contributed by atoms with E-state index in [1.54, 1.807) is 16.7 Å². The van der Waals surface area contributed by atoms with Crippen LogP contribution in [0.2, 0.25) is 5.02 Å². The Morgan fingerprint density at radius 1 is 0.914 bits per heavy atom. The van der Waals surface area contributed by atoms with Crippen molar-refractivity contribution >= 4 is 35.2 Å². The number of amides is 2. The van der Waals surface area contributed by atoms with E-state index in [9.17, 15) is 9.59 Å². The molecule has 3 rings (SSSR count). The van der Waals surface area contributed by atoms with Crippen LogP contribution in [0, 0.1) is 0 Å². The molecule has 2 amide bonds. The second-order valence-electron chi connectivity index (χ2n) is 8.58. The molecule has 35 heavy (non-hydrogen) atoms. The summed E-state index contributed by atoms with van der Waals surface area (Å²) in [6, 6.07) is 26.8. The maximum absolute atomic E-state index is 13.6. The quantitative estimate of drug-likeness (QED) is 0.289. The molecule has 3 aromatic rings. The Morgan fingerprint density at radius 2 is 1.51 bits per heavy atom. The van der Waals surface area contributed by atoms with Gasteiger partial charge in [0.2, 0.25) is 11.8 Å². The van der Waals surface area contributed by atoms with E-state index in [0.29, 0.717) is 30.2 Å². The molecule has 0 aliphatic carbocycles. The molecule has 184 valence electrons. The summed E-state index contributed by atoms with van der Waals surface area (Å²) in [5.41, 5.74) is 2.03. The highest BCUT2D eigenvalue weighted by Crippen LogP contribution is 2.22. The predicted molar refractivity (Wildman–Crippen MR) is 146 cm³/mol. The molecule has 2 atom stereocenters. The summed E-state index contributed by atoms with van der Waals surface area (Å²) in [4.78, 5) is 29.9. The van der Waals surface area contributed by atoms with Crippen molar-refractivity contribution < 1.29 is 9.59 Å². The van der Waals surface area contributed by atoms with Crippen molar-refractivity contribution in [2.24, 2.45) is 0 Å². The van der Waals surface area contributed by atoms with Crippen LogP contribution in [-0.2, 0) is 22.6 Å². The molecular formula is C29H33ClN2O2S. The number of thioether (sulfide) groups is 1. The van der Waals surface area contributed by atoms with E-state index >= 15 is 0 Å². The lowest BCUT2D eigenvalue weighted by Gasteiger charge is -2.32. The van der Waals surface area contributed by atoms with Crippen molar-refractivity contribution in [2.45, 2.75) is 56.6 Å². The lowest BCUT2D eigenvalue weighted by atomic mass is 10.0. The summed E-state index contributed by atoms with van der Waals surface area (Å²) >= 11 is 7.60. The normalized spacial score (nSPS) is 12.5. The van der Waals surface area contributed by atoms with Crippen molar-refractivity contribution in [3.63, 3.8) is 0 Å². The minimum absolute atomic E-state index is 0.0319. The topological polar surface area (TPSA) is 49.4 Å². The first-order valence-corrected chi connectivity index (χ1v) is 13.4. The molecule has 0 saturated heterocycles. The van der Waals surface area contributed by atoms with Gasteiger partial charge in [0.1, 0.15) is 6.04 Å². The number of benzene rings is 3. The molecular weight excluding hydrogens is 476 g/mol. The molecule has 3 aromatic carbocycles. The van der Waals surface area contributed by atoms with Crippen molar-refractivity contribution in [1.82, 2.24) is 10.2 Å². The third kappa shape index (κ3) is 8.75. The average Bonchev–Trinajstić information content (AvgIpc) is 2.88. The van der Waals surface area contributed by atoms with E-state index in [1.165, 1.54) is 0 Å². The van der Waals surface area contributed by atoms with Gasteiger partial charge >= 0.3 is 0 Å². The van der Waals surface area contributed by atoms with Gasteiger partial charge in [0, 0.05) is 41.1 Å². The van der Waals surface area contributed by atoms with Crippen molar-refractivity contribution in [3.8, 4) is 0 Å². The van der Waals surface area contributed by atoms with Crippen LogP contribution >= 0.6 is 23.4 Å². The summed E-state index contributed by atoms with van der Waals surface area (Å²) in [5, 5.41) is 3.80. The third-order valence-corrected chi connectivity index (χ3v) is 7.13. The largest absolute Gasteiger partial charge is 0.352 e.